The van der Waals surface area contributed by atoms with Crippen LogP contribution in [0, 0.1) is 227 Å². The lowest BCUT2D eigenvalue weighted by atomic mass is 9.32. The van der Waals surface area contributed by atoms with Gasteiger partial charge in [-0.15, -0.1) is 0 Å². The van der Waals surface area contributed by atoms with Gasteiger partial charge in [-0.05, 0) is 496 Å². The fourth-order valence-electron chi connectivity index (χ4n) is 48.0. The van der Waals surface area contributed by atoms with E-state index < -0.39 is 23.9 Å². The Bertz CT molecular complexity index is 5030. The van der Waals surface area contributed by atoms with Gasteiger partial charge in [-0.25, -0.2) is 0 Å². The van der Waals surface area contributed by atoms with Crippen molar-refractivity contribution in [1.29, 1.82) is 0 Å². The summed E-state index contributed by atoms with van der Waals surface area (Å²) in [4.78, 5) is 59.1. The van der Waals surface area contributed by atoms with Crippen molar-refractivity contribution in [1.82, 2.24) is 0 Å². The summed E-state index contributed by atoms with van der Waals surface area (Å²) in [7, 11) is 0. The molecule has 0 radical (unpaired) electrons. The summed E-state index contributed by atoms with van der Waals surface area (Å²) < 4.78 is 24.0. The van der Waals surface area contributed by atoms with E-state index in [9.17, 15) is 44.4 Å². The molecular formula is C133H214O15. The minimum Gasteiger partial charge on any atom is -0.495 e. The molecule has 6 N–H and O–H groups in total. The highest BCUT2D eigenvalue weighted by molar-refractivity contribution is 5.77. The number of carboxylic acids is 2. The fraction of sp³-hybridized carbons (Fsp3) is 0.887. The van der Waals surface area contributed by atoms with Crippen molar-refractivity contribution in [2.24, 2.45) is 227 Å². The van der Waals surface area contributed by atoms with Gasteiger partial charge in [0.1, 0.15) is 12.2 Å². The fourth-order valence-corrected chi connectivity index (χ4v) is 48.0. The van der Waals surface area contributed by atoms with Crippen LogP contribution in [0.25, 0.3) is 0 Å². The Morgan fingerprint density at radius 1 is 0.264 bits per heavy atom. The molecule has 20 aliphatic carbocycles. The molecule has 0 saturated heterocycles. The minimum absolute atomic E-state index is 0.00826. The third-order valence-corrected chi connectivity index (χ3v) is 56.2. The van der Waals surface area contributed by atoms with Crippen molar-refractivity contribution in [3.63, 3.8) is 0 Å². The number of fused-ring (bicyclic) bond motifs is 28. The molecule has 0 aromatic carbocycles. The molecule has 0 aromatic heterocycles. The molecule has 148 heavy (non-hydrogen) atoms. The number of esters is 3. The maximum absolute atomic E-state index is 12.6. The van der Waals surface area contributed by atoms with Crippen LogP contribution in [0.2, 0.25) is 0 Å². The van der Waals surface area contributed by atoms with Crippen LogP contribution >= 0.6 is 0 Å². The Morgan fingerprint density at radius 3 is 0.811 bits per heavy atom. The normalized spacial score (nSPS) is 50.2. The smallest absolute Gasteiger partial charge is 0.306 e. The largest absolute Gasteiger partial charge is 0.495 e. The van der Waals surface area contributed by atoms with Gasteiger partial charge in [0.05, 0.1) is 56.9 Å². The lowest BCUT2D eigenvalue weighted by Gasteiger charge is -2.73. The zero-order chi connectivity index (χ0) is 108. The van der Waals surface area contributed by atoms with Crippen molar-refractivity contribution in [3.05, 3.63) is 60.9 Å². The molecule has 0 aliphatic heterocycles. The zero-order valence-corrected chi connectivity index (χ0v) is 98.7. The first-order chi connectivity index (χ1) is 68.8. The Labute approximate surface area is 898 Å². The molecule has 0 bridgehead atoms. The molecule has 20 fully saturated rings. The number of aliphatic hydroxyl groups is 4. The monoisotopic (exact) mass is 2050 g/mol. The third-order valence-electron chi connectivity index (χ3n) is 56.2. The van der Waals surface area contributed by atoms with E-state index in [4.69, 9.17) is 29.2 Å². The second-order valence-corrected chi connectivity index (χ2v) is 62.5. The number of allylic oxidation sites excluding steroid dienone is 5. The molecule has 0 aromatic rings. The summed E-state index contributed by atoms with van der Waals surface area (Å²) in [5.74, 6) is 10.2. The summed E-state index contributed by atoms with van der Waals surface area (Å²) in [6.07, 6.45) is 47.1. The highest BCUT2D eigenvalue weighted by Crippen LogP contribution is 2.85. The molecule has 836 valence electrons. The molecule has 0 amide bonds. The number of aliphatic hydroxyl groups excluding tert-OH is 4. The van der Waals surface area contributed by atoms with Gasteiger partial charge in [0.2, 0.25) is 0 Å². The van der Waals surface area contributed by atoms with Gasteiger partial charge in [-0.3, -0.25) is 24.0 Å². The Hall–Kier alpha value is -4.31. The molecule has 0 spiro atoms. The van der Waals surface area contributed by atoms with Crippen LogP contribution in [0.15, 0.2) is 60.9 Å². The number of hydrogen-bond donors (Lipinski definition) is 6. The lowest BCUT2D eigenvalue weighted by Crippen LogP contribution is -2.67. The average Bonchev–Trinajstić information content (AvgIpc) is 1.21. The topological polar surface area (TPSA) is 244 Å². The molecular weight excluding hydrogens is 1840 g/mol. The number of aliphatic carboxylic acids is 2. The van der Waals surface area contributed by atoms with Gasteiger partial charge in [0.15, 0.2) is 0 Å². The van der Waals surface area contributed by atoms with Crippen molar-refractivity contribution in [2.75, 3.05) is 26.4 Å². The van der Waals surface area contributed by atoms with E-state index >= 15 is 0 Å². The summed E-state index contributed by atoms with van der Waals surface area (Å²) in [5, 5.41) is 61.3. The number of hydrogen-bond acceptors (Lipinski definition) is 13. The first-order valence-corrected chi connectivity index (χ1v) is 61.2. The van der Waals surface area contributed by atoms with E-state index in [1.54, 1.807) is 6.92 Å². The predicted molar refractivity (Wildman–Crippen MR) is 593 cm³/mol. The first kappa shape index (κ1) is 115. The molecule has 20 saturated carbocycles. The first-order valence-electron chi connectivity index (χ1n) is 61.2. The van der Waals surface area contributed by atoms with Gasteiger partial charge in [-0.2, -0.15) is 0 Å². The molecule has 40 atom stereocenters. The van der Waals surface area contributed by atoms with Crippen molar-refractivity contribution >= 4 is 29.8 Å². The molecule has 0 heterocycles. The van der Waals surface area contributed by atoms with Crippen LogP contribution in [-0.4, -0.2) is 111 Å². The maximum atomic E-state index is 12.6. The molecule has 15 heteroatoms. The van der Waals surface area contributed by atoms with Crippen LogP contribution in [0.4, 0.5) is 0 Å². The summed E-state index contributed by atoms with van der Waals surface area (Å²) >= 11 is 0. The van der Waals surface area contributed by atoms with E-state index in [2.05, 4.69) is 199 Å². The number of carbonyl (C=O) groups excluding carboxylic acids is 3. The summed E-state index contributed by atoms with van der Waals surface area (Å²) in [6.45, 7) is 86.7. The highest BCUT2D eigenvalue weighted by Gasteiger charge is 2.78. The average molecular weight is 2050 g/mol. The second-order valence-electron chi connectivity index (χ2n) is 62.5. The van der Waals surface area contributed by atoms with E-state index in [0.717, 1.165) is 119 Å². The van der Waals surface area contributed by atoms with Crippen molar-refractivity contribution < 1.29 is 73.6 Å². The van der Waals surface area contributed by atoms with E-state index in [0.29, 0.717) is 170 Å². The lowest BCUT2D eigenvalue weighted by molar-refractivity contribution is -0.252. The Kier molecular flexibility index (Phi) is 30.5. The van der Waals surface area contributed by atoms with E-state index in [-0.39, 0.29) is 110 Å². The number of carbonyl (C=O) groups is 5. The van der Waals surface area contributed by atoms with Gasteiger partial charge in [-0.1, -0.05) is 194 Å². The minimum atomic E-state index is -0.980. The van der Waals surface area contributed by atoms with E-state index in [1.807, 2.05) is 6.92 Å². The van der Waals surface area contributed by atoms with Crippen molar-refractivity contribution in [2.45, 2.75) is 487 Å². The maximum Gasteiger partial charge on any atom is 0.306 e. The van der Waals surface area contributed by atoms with Gasteiger partial charge in [0.25, 0.3) is 0 Å². The Morgan fingerprint density at radius 2 is 0.527 bits per heavy atom. The van der Waals surface area contributed by atoms with Crippen LogP contribution in [-0.2, 0) is 42.9 Å². The predicted octanol–water partition coefficient (Wildman–Crippen LogP) is 30.9. The van der Waals surface area contributed by atoms with Crippen LogP contribution in [0.3, 0.4) is 0 Å². The van der Waals surface area contributed by atoms with Gasteiger partial charge >= 0.3 is 29.8 Å². The zero-order valence-electron chi connectivity index (χ0n) is 98.7. The molecule has 28 unspecified atom stereocenters. The summed E-state index contributed by atoms with van der Waals surface area (Å²) in [5.41, 5.74) is 9.22. The van der Waals surface area contributed by atoms with Crippen LogP contribution in [0.5, 0.6) is 0 Å². The van der Waals surface area contributed by atoms with E-state index in [1.165, 1.54) is 196 Å². The number of ether oxygens (including phenoxy) is 4. The van der Waals surface area contributed by atoms with Crippen LogP contribution < -0.4 is 0 Å². The van der Waals surface area contributed by atoms with Crippen LogP contribution in [0.1, 0.15) is 463 Å². The SMILES string of the molecule is C=C(C)C1CCC2(CO)CC[C@]3(C)C(CCC4[C@@]5(C)CCC(O)C(C)(C)C5CC[C@]43C)C12.C=C(C)C1CCC2(COC(=O)CCC(=O)O)CC[C@]3(C)C(CCC4[C@@]5(C)CCC(OC(=O)CCC(=O)O)C(C)(C)C5CC[C@]43C)C12.C=C(C)C1CCC2(COC(C)=O)CC[C@]3(C)C(CCC4[C@@]5(C)CCC(O)C(C)(C)C5CC[C@]43C)C12.C=C(C)OC1CC[C@@]2(C)C(CC[C@]3(C)C2CCC2C4C(C(=C)C)CCC4(CO)CC[C@]23C)C1(C)C. The third kappa shape index (κ3) is 17.2. The standard InChI is InChI=1S/C38H58O8.C33H54O2.C32H52O3.C30H50O2/c1-23(2)24-14-19-38(22-45-31(43)12-10-29(39)40)21-20-36(6)25(33(24)38)8-9-27-35(5)17-16-28(46-32(44)13-11-30(41)42)34(3,4)26(35)15-18-37(27,36)7;1-21(2)23-12-17-33(20-34)19-18-31(8)24(28(23)33)10-11-26-30(7)15-14-27(35-22(3)4)29(5,6)25(30)13-16-32(26,31)9;1-20(2)22-11-16-32(19-35-21(3)33)18-17-30(7)23(27(22)32)9-10-25-29(6)14-13-26(34)28(4,5)24(29)12-15-31(25,30)8;1-19(2)20-10-15-30(18-31)17-16-28(6)21(25(20)30)8-9-23-27(5)13-12-24(32)26(3,4)22(27)11-14-29(23,28)7/h24-28,33H,1,8-22H2,2-7H3,(H,39,40)(H,41,42);23-28,34H,1,3,10-20H2,2,4-9H3;22-27,34H,1,9-19H2,2-8H3;20-25,31-32H,1,8-18H2,2-7H3/t24?,25?,26?,27?,28?,33?,35-,36+,37+,38?;23?,24?,25?,26?,27?,28?,30-,31+,32+,33?;22?,23?,24?,25?,26?,27?,29-,30+,31+,32?;20?,21?,22?,23?,24?,25?,27-,28+,29+,30?/m0000/s1. The van der Waals surface area contributed by atoms with Gasteiger partial charge < -0.3 is 49.6 Å². The molecule has 15 nitrogen and oxygen atoms in total. The molecule has 20 rings (SSSR count). The van der Waals surface area contributed by atoms with Crippen molar-refractivity contribution in [3.8, 4) is 0 Å². The summed E-state index contributed by atoms with van der Waals surface area (Å²) in [6, 6.07) is 0. The number of rotatable bonds is 19. The van der Waals surface area contributed by atoms with Gasteiger partial charge in [0, 0.05) is 41.8 Å². The molecule has 20 aliphatic rings. The Balaban J connectivity index is 0.000000136. The number of carboxylic acid groups (broad SMARTS) is 2. The quantitative estimate of drug-likeness (QED) is 0.0305. The highest BCUT2D eigenvalue weighted by atomic mass is 16.5. The second kappa shape index (κ2) is 39.4.